The van der Waals surface area contributed by atoms with Crippen LogP contribution in [0.3, 0.4) is 0 Å². The molecule has 0 fully saturated rings. The predicted molar refractivity (Wildman–Crippen MR) is 116 cm³/mol. The molecule has 0 bridgehead atoms. The van der Waals surface area contributed by atoms with Crippen molar-refractivity contribution in [3.8, 4) is 5.75 Å². The van der Waals surface area contributed by atoms with Crippen molar-refractivity contribution in [3.63, 3.8) is 0 Å². The molecule has 0 saturated carbocycles. The van der Waals surface area contributed by atoms with E-state index < -0.39 is 11.4 Å². The first-order chi connectivity index (χ1) is 14.1. The summed E-state index contributed by atoms with van der Waals surface area (Å²) in [6.45, 7) is 9.80. The second kappa shape index (κ2) is 10.1. The Labute approximate surface area is 177 Å². The van der Waals surface area contributed by atoms with Crippen LogP contribution in [0.1, 0.15) is 55.3 Å². The van der Waals surface area contributed by atoms with Crippen LogP contribution in [0.25, 0.3) is 0 Å². The van der Waals surface area contributed by atoms with Gasteiger partial charge in [0, 0.05) is 16.7 Å². The lowest BCUT2D eigenvalue weighted by atomic mass is 9.95. The van der Waals surface area contributed by atoms with Gasteiger partial charge in [-0.1, -0.05) is 34.6 Å². The van der Waals surface area contributed by atoms with Crippen molar-refractivity contribution in [2.24, 2.45) is 11.3 Å². The molecular formula is C24H29NO5. The summed E-state index contributed by atoms with van der Waals surface area (Å²) in [7, 11) is 0. The second-order valence-corrected chi connectivity index (χ2v) is 8.51. The molecule has 6 heteroatoms. The Kier molecular flexibility index (Phi) is 7.75. The summed E-state index contributed by atoms with van der Waals surface area (Å²) in [5.74, 6) is 0.0670. The fraction of sp³-hybridized carbons (Fsp3) is 0.375. The van der Waals surface area contributed by atoms with Crippen molar-refractivity contribution < 1.29 is 23.9 Å². The van der Waals surface area contributed by atoms with Crippen LogP contribution in [0.4, 0.5) is 5.69 Å². The Balaban J connectivity index is 1.87. The zero-order valence-electron chi connectivity index (χ0n) is 18.2. The topological polar surface area (TPSA) is 81.7 Å². The molecule has 0 unspecified atom stereocenters. The van der Waals surface area contributed by atoms with Gasteiger partial charge < -0.3 is 14.8 Å². The molecule has 1 amide bonds. The van der Waals surface area contributed by atoms with Gasteiger partial charge in [0.2, 0.25) is 5.91 Å². The molecule has 0 aliphatic carbocycles. The fourth-order valence-electron chi connectivity index (χ4n) is 2.31. The highest BCUT2D eigenvalue weighted by Crippen LogP contribution is 2.18. The average molecular weight is 411 g/mol. The van der Waals surface area contributed by atoms with Gasteiger partial charge in [-0.2, -0.15) is 0 Å². The number of nitrogens with one attached hydrogen (secondary N) is 1. The van der Waals surface area contributed by atoms with Crippen LogP contribution in [0, 0.1) is 11.3 Å². The number of amides is 1. The smallest absolute Gasteiger partial charge is 0.338 e. The molecule has 2 rings (SSSR count). The van der Waals surface area contributed by atoms with Crippen molar-refractivity contribution in [3.05, 3.63) is 59.7 Å². The van der Waals surface area contributed by atoms with E-state index in [1.54, 1.807) is 48.5 Å². The van der Waals surface area contributed by atoms with Crippen LogP contribution in [-0.2, 0) is 9.53 Å². The monoisotopic (exact) mass is 411 g/mol. The van der Waals surface area contributed by atoms with Gasteiger partial charge >= 0.3 is 5.97 Å². The minimum atomic E-state index is -0.576. The zero-order chi connectivity index (χ0) is 22.3. The van der Waals surface area contributed by atoms with E-state index in [4.69, 9.17) is 9.47 Å². The molecule has 6 nitrogen and oxygen atoms in total. The molecule has 0 saturated heterocycles. The summed E-state index contributed by atoms with van der Waals surface area (Å²) >= 11 is 0. The van der Waals surface area contributed by atoms with Gasteiger partial charge in [0.15, 0.2) is 12.4 Å². The molecule has 0 heterocycles. The standard InChI is InChI=1S/C24H29NO5/c1-16(2)14-29-20-12-8-18(9-13-20)22(27)30-15-21(26)17-6-10-19(11-7-17)25-23(28)24(3,4)5/h6-13,16H,14-15H2,1-5H3,(H,25,28). The second-order valence-electron chi connectivity index (χ2n) is 8.51. The number of ketones is 1. The van der Waals surface area contributed by atoms with Crippen molar-refractivity contribution in [1.29, 1.82) is 0 Å². The van der Waals surface area contributed by atoms with Crippen molar-refractivity contribution in [1.82, 2.24) is 0 Å². The van der Waals surface area contributed by atoms with E-state index in [1.165, 1.54) is 0 Å². The first-order valence-electron chi connectivity index (χ1n) is 9.91. The summed E-state index contributed by atoms with van der Waals surface area (Å²) in [4.78, 5) is 36.5. The number of carbonyl (C=O) groups is 3. The van der Waals surface area contributed by atoms with Crippen LogP contribution >= 0.6 is 0 Å². The number of Topliss-reactive ketones (excluding diaryl/α,β-unsaturated/α-hetero) is 1. The lowest BCUT2D eigenvalue weighted by Gasteiger charge is -2.17. The molecule has 2 aromatic rings. The third-order valence-electron chi connectivity index (χ3n) is 4.15. The summed E-state index contributed by atoms with van der Waals surface area (Å²) in [6, 6.07) is 13.1. The highest BCUT2D eigenvalue weighted by atomic mass is 16.5. The molecule has 1 N–H and O–H groups in total. The SMILES string of the molecule is CC(C)COc1ccc(C(=O)OCC(=O)c2ccc(NC(=O)C(C)(C)C)cc2)cc1. The van der Waals surface area contributed by atoms with Gasteiger partial charge in [-0.25, -0.2) is 4.79 Å². The Hall–Kier alpha value is -3.15. The van der Waals surface area contributed by atoms with E-state index >= 15 is 0 Å². The highest BCUT2D eigenvalue weighted by Gasteiger charge is 2.21. The number of anilines is 1. The van der Waals surface area contributed by atoms with Gasteiger partial charge in [0.1, 0.15) is 5.75 Å². The molecule has 0 atom stereocenters. The quantitative estimate of drug-likeness (QED) is 0.501. The number of carbonyl (C=O) groups excluding carboxylic acids is 3. The maximum absolute atomic E-state index is 12.3. The molecule has 160 valence electrons. The normalized spacial score (nSPS) is 11.1. The molecule has 0 spiro atoms. The van der Waals surface area contributed by atoms with Crippen LogP contribution < -0.4 is 10.1 Å². The highest BCUT2D eigenvalue weighted by molar-refractivity contribution is 6.00. The van der Waals surface area contributed by atoms with Crippen LogP contribution in [0.5, 0.6) is 5.75 Å². The van der Waals surface area contributed by atoms with Gasteiger partial charge in [-0.05, 0) is 54.4 Å². The number of hydrogen-bond acceptors (Lipinski definition) is 5. The number of ether oxygens (including phenoxy) is 2. The Morgan fingerprint density at radius 2 is 1.47 bits per heavy atom. The van der Waals surface area contributed by atoms with Crippen LogP contribution in [-0.4, -0.2) is 30.9 Å². The van der Waals surface area contributed by atoms with Crippen LogP contribution in [0.15, 0.2) is 48.5 Å². The molecule has 0 radical (unpaired) electrons. The summed E-state index contributed by atoms with van der Waals surface area (Å²) in [5, 5.41) is 2.79. The van der Waals surface area contributed by atoms with Crippen LogP contribution in [0.2, 0.25) is 0 Å². The summed E-state index contributed by atoms with van der Waals surface area (Å²) in [5.41, 5.74) is 0.832. The van der Waals surface area contributed by atoms with Gasteiger partial charge in [-0.3, -0.25) is 9.59 Å². The Morgan fingerprint density at radius 3 is 2.00 bits per heavy atom. The number of rotatable bonds is 8. The first-order valence-corrected chi connectivity index (χ1v) is 9.91. The molecule has 30 heavy (non-hydrogen) atoms. The van der Waals surface area contributed by atoms with Crippen molar-refractivity contribution in [2.45, 2.75) is 34.6 Å². The molecule has 0 aromatic heterocycles. The largest absolute Gasteiger partial charge is 0.493 e. The number of benzene rings is 2. The summed E-state index contributed by atoms with van der Waals surface area (Å²) in [6.07, 6.45) is 0. The van der Waals surface area contributed by atoms with E-state index in [-0.39, 0.29) is 18.3 Å². The molecule has 0 aliphatic heterocycles. The summed E-state index contributed by atoms with van der Waals surface area (Å²) < 4.78 is 10.7. The Morgan fingerprint density at radius 1 is 0.900 bits per heavy atom. The Bertz CT molecular complexity index is 877. The van der Waals surface area contributed by atoms with Crippen molar-refractivity contribution in [2.75, 3.05) is 18.5 Å². The van der Waals surface area contributed by atoms with E-state index in [9.17, 15) is 14.4 Å². The lowest BCUT2D eigenvalue weighted by molar-refractivity contribution is -0.123. The van der Waals surface area contributed by atoms with Gasteiger partial charge in [0.25, 0.3) is 0 Å². The minimum Gasteiger partial charge on any atom is -0.493 e. The molecule has 0 aliphatic rings. The predicted octanol–water partition coefficient (Wildman–Crippen LogP) is 4.75. The zero-order valence-corrected chi connectivity index (χ0v) is 18.2. The van der Waals surface area contributed by atoms with E-state index in [0.29, 0.717) is 35.1 Å². The minimum absolute atomic E-state index is 0.115. The lowest BCUT2D eigenvalue weighted by Crippen LogP contribution is -2.27. The van der Waals surface area contributed by atoms with E-state index in [1.807, 2.05) is 20.8 Å². The first kappa shape index (κ1) is 23.1. The third kappa shape index (κ3) is 7.03. The molecular weight excluding hydrogens is 382 g/mol. The van der Waals surface area contributed by atoms with E-state index in [0.717, 1.165) is 0 Å². The fourth-order valence-corrected chi connectivity index (χ4v) is 2.31. The molecule has 2 aromatic carbocycles. The number of esters is 1. The third-order valence-corrected chi connectivity index (χ3v) is 4.15. The van der Waals surface area contributed by atoms with Crippen molar-refractivity contribution >= 4 is 23.3 Å². The maximum atomic E-state index is 12.3. The maximum Gasteiger partial charge on any atom is 0.338 e. The van der Waals surface area contributed by atoms with Gasteiger partial charge in [0.05, 0.1) is 12.2 Å². The number of hydrogen-bond donors (Lipinski definition) is 1. The van der Waals surface area contributed by atoms with E-state index in [2.05, 4.69) is 19.2 Å². The average Bonchev–Trinajstić information content (AvgIpc) is 2.70. The van der Waals surface area contributed by atoms with Gasteiger partial charge in [-0.15, -0.1) is 0 Å².